The Morgan fingerprint density at radius 2 is 2.15 bits per heavy atom. The Morgan fingerprint density at radius 3 is 2.73 bits per heavy atom. The van der Waals surface area contributed by atoms with E-state index in [1.807, 2.05) is 24.1 Å². The third-order valence-corrected chi connectivity index (χ3v) is 5.61. The predicted octanol–water partition coefficient (Wildman–Crippen LogP) is 3.84. The molecule has 1 aliphatic heterocycles. The van der Waals surface area contributed by atoms with Gasteiger partial charge in [-0.1, -0.05) is 6.92 Å². The lowest BCUT2D eigenvalue weighted by atomic mass is 10.1. The first kappa shape index (κ1) is 18.3. The van der Waals surface area contributed by atoms with Crippen LogP contribution in [0, 0.1) is 17.0 Å². The molecule has 2 aromatic rings. The molecular weight excluding hydrogens is 352 g/mol. The van der Waals surface area contributed by atoms with E-state index in [1.165, 1.54) is 17.4 Å². The molecule has 26 heavy (non-hydrogen) atoms. The fraction of sp³-hybridized carbons (Fsp3) is 0.444. The second kappa shape index (κ2) is 7.82. The van der Waals surface area contributed by atoms with Crippen molar-refractivity contribution in [2.75, 3.05) is 18.0 Å². The molecule has 1 fully saturated rings. The summed E-state index contributed by atoms with van der Waals surface area (Å²) in [6, 6.07) is 4.53. The minimum atomic E-state index is -0.411. The number of rotatable bonds is 6. The zero-order valence-corrected chi connectivity index (χ0v) is 15.7. The summed E-state index contributed by atoms with van der Waals surface area (Å²) in [5.41, 5.74) is 1.79. The fourth-order valence-corrected chi connectivity index (χ4v) is 4.08. The van der Waals surface area contributed by atoms with Crippen LogP contribution >= 0.6 is 11.3 Å². The van der Waals surface area contributed by atoms with Gasteiger partial charge in [-0.3, -0.25) is 14.9 Å². The van der Waals surface area contributed by atoms with Gasteiger partial charge in [0.25, 0.3) is 11.6 Å². The number of nitrogens with one attached hydrogen (secondary N) is 1. The fourth-order valence-electron chi connectivity index (χ4n) is 3.15. The van der Waals surface area contributed by atoms with E-state index < -0.39 is 4.92 Å². The predicted molar refractivity (Wildman–Crippen MR) is 102 cm³/mol. The summed E-state index contributed by atoms with van der Waals surface area (Å²) in [6.07, 6.45) is 2.77. The maximum Gasteiger partial charge on any atom is 0.293 e. The zero-order valence-electron chi connectivity index (χ0n) is 14.9. The van der Waals surface area contributed by atoms with E-state index >= 15 is 0 Å². The molecule has 0 aliphatic carbocycles. The Morgan fingerprint density at radius 1 is 1.42 bits per heavy atom. The number of benzene rings is 1. The van der Waals surface area contributed by atoms with Crippen LogP contribution in [0.25, 0.3) is 0 Å². The lowest BCUT2D eigenvalue weighted by Gasteiger charge is -2.18. The first-order valence-corrected chi connectivity index (χ1v) is 9.64. The Labute approximate surface area is 156 Å². The molecule has 0 bridgehead atoms. The number of nitro groups is 1. The molecule has 7 nitrogen and oxygen atoms in total. The summed E-state index contributed by atoms with van der Waals surface area (Å²) in [4.78, 5) is 30.2. The maximum atomic E-state index is 12.6. The standard InChI is InChI=1S/C18H22N4O3S/c1-3-14(18-19-12(2)11-26-18)20-17(23)13-6-7-15(16(10-13)22(24)25)21-8-4-5-9-21/h6-7,10-11,14H,3-5,8-9H2,1-2H3,(H,20,23). The van der Waals surface area contributed by atoms with E-state index in [0.717, 1.165) is 36.6 Å². The molecule has 1 aromatic carbocycles. The summed E-state index contributed by atoms with van der Waals surface area (Å²) < 4.78 is 0. The van der Waals surface area contributed by atoms with Gasteiger partial charge in [-0.25, -0.2) is 4.98 Å². The topological polar surface area (TPSA) is 88.4 Å². The number of thiazole rings is 1. The summed E-state index contributed by atoms with van der Waals surface area (Å²) in [5, 5.41) is 17.2. The van der Waals surface area contributed by atoms with E-state index in [9.17, 15) is 14.9 Å². The average Bonchev–Trinajstić information content (AvgIpc) is 3.30. The molecule has 0 radical (unpaired) electrons. The highest BCUT2D eigenvalue weighted by atomic mass is 32.1. The number of aromatic nitrogens is 1. The number of nitro benzene ring substituents is 1. The van der Waals surface area contributed by atoms with E-state index in [2.05, 4.69) is 10.3 Å². The Kier molecular flexibility index (Phi) is 5.51. The Hall–Kier alpha value is -2.48. The van der Waals surface area contributed by atoms with Crippen molar-refractivity contribution in [1.82, 2.24) is 10.3 Å². The molecule has 3 rings (SSSR count). The first-order chi connectivity index (χ1) is 12.5. The molecule has 138 valence electrons. The van der Waals surface area contributed by atoms with E-state index in [0.29, 0.717) is 17.7 Å². The van der Waals surface area contributed by atoms with Crippen molar-refractivity contribution in [3.63, 3.8) is 0 Å². The van der Waals surface area contributed by atoms with Gasteiger partial charge in [0.05, 0.1) is 11.0 Å². The summed E-state index contributed by atoms with van der Waals surface area (Å²) >= 11 is 1.51. The number of anilines is 1. The van der Waals surface area contributed by atoms with Gasteiger partial charge in [0.2, 0.25) is 0 Å². The highest BCUT2D eigenvalue weighted by Crippen LogP contribution is 2.32. The van der Waals surface area contributed by atoms with Gasteiger partial charge in [-0.15, -0.1) is 11.3 Å². The van der Waals surface area contributed by atoms with Gasteiger partial charge in [-0.2, -0.15) is 0 Å². The molecule has 1 N–H and O–H groups in total. The van der Waals surface area contributed by atoms with Gasteiger partial charge < -0.3 is 10.2 Å². The number of nitrogens with zero attached hydrogens (tertiary/aromatic N) is 3. The van der Waals surface area contributed by atoms with Crippen molar-refractivity contribution in [1.29, 1.82) is 0 Å². The minimum absolute atomic E-state index is 0.0160. The van der Waals surface area contributed by atoms with Gasteiger partial charge in [0.1, 0.15) is 10.7 Å². The SMILES string of the molecule is CCC(NC(=O)c1ccc(N2CCCC2)c([N+](=O)[O-])c1)c1nc(C)cs1. The van der Waals surface area contributed by atoms with Crippen molar-refractivity contribution in [2.24, 2.45) is 0 Å². The molecule has 0 spiro atoms. The highest BCUT2D eigenvalue weighted by molar-refractivity contribution is 7.09. The van der Waals surface area contributed by atoms with Crippen LogP contribution in [0.3, 0.4) is 0 Å². The molecule has 0 saturated carbocycles. The monoisotopic (exact) mass is 374 g/mol. The second-order valence-electron chi connectivity index (χ2n) is 6.42. The third-order valence-electron chi connectivity index (χ3n) is 4.53. The first-order valence-electron chi connectivity index (χ1n) is 8.76. The number of hydrogen-bond donors (Lipinski definition) is 1. The van der Waals surface area contributed by atoms with Crippen LogP contribution < -0.4 is 10.2 Å². The van der Waals surface area contributed by atoms with E-state index in [-0.39, 0.29) is 17.6 Å². The van der Waals surface area contributed by atoms with Crippen molar-refractivity contribution < 1.29 is 9.72 Å². The minimum Gasteiger partial charge on any atom is -0.366 e. The van der Waals surface area contributed by atoms with E-state index in [4.69, 9.17) is 0 Å². The van der Waals surface area contributed by atoms with Crippen molar-refractivity contribution >= 4 is 28.6 Å². The van der Waals surface area contributed by atoms with Crippen LogP contribution in [0.4, 0.5) is 11.4 Å². The Balaban J connectivity index is 1.82. The molecule has 1 atom stereocenters. The highest BCUT2D eigenvalue weighted by Gasteiger charge is 2.25. The molecule has 2 heterocycles. The molecule has 1 unspecified atom stereocenters. The van der Waals surface area contributed by atoms with Crippen LogP contribution in [-0.2, 0) is 0 Å². The second-order valence-corrected chi connectivity index (χ2v) is 7.31. The number of carbonyl (C=O) groups excluding carboxylic acids is 1. The Bertz CT molecular complexity index is 815. The summed E-state index contributed by atoms with van der Waals surface area (Å²) in [7, 11) is 0. The van der Waals surface area contributed by atoms with Crippen molar-refractivity contribution in [3.05, 3.63) is 50.0 Å². The molecule has 1 aliphatic rings. The van der Waals surface area contributed by atoms with Crippen LogP contribution in [0.5, 0.6) is 0 Å². The number of carbonyl (C=O) groups is 1. The molecule has 1 aromatic heterocycles. The zero-order chi connectivity index (χ0) is 18.7. The van der Waals surface area contributed by atoms with Crippen LogP contribution in [0.15, 0.2) is 23.6 Å². The van der Waals surface area contributed by atoms with Gasteiger partial charge >= 0.3 is 0 Å². The summed E-state index contributed by atoms with van der Waals surface area (Å²) in [6.45, 7) is 5.51. The third kappa shape index (κ3) is 3.85. The smallest absolute Gasteiger partial charge is 0.293 e. The maximum absolute atomic E-state index is 12.6. The van der Waals surface area contributed by atoms with E-state index in [1.54, 1.807) is 12.1 Å². The molecule has 1 amide bonds. The van der Waals surface area contributed by atoms with Gasteiger partial charge in [-0.05, 0) is 38.3 Å². The van der Waals surface area contributed by atoms with Crippen LogP contribution in [0.2, 0.25) is 0 Å². The van der Waals surface area contributed by atoms with Crippen LogP contribution in [-0.4, -0.2) is 28.9 Å². The molecule has 8 heteroatoms. The quantitative estimate of drug-likeness (QED) is 0.613. The van der Waals surface area contributed by atoms with Gasteiger partial charge in [0, 0.05) is 35.8 Å². The lowest BCUT2D eigenvalue weighted by molar-refractivity contribution is -0.384. The molecular formula is C18H22N4O3S. The average molecular weight is 374 g/mol. The normalized spacial score (nSPS) is 15.1. The van der Waals surface area contributed by atoms with Crippen LogP contribution in [0.1, 0.15) is 53.3 Å². The largest absolute Gasteiger partial charge is 0.366 e. The lowest BCUT2D eigenvalue weighted by Crippen LogP contribution is -2.28. The summed E-state index contributed by atoms with van der Waals surface area (Å²) in [5.74, 6) is -0.319. The van der Waals surface area contributed by atoms with Gasteiger partial charge in [0.15, 0.2) is 0 Å². The number of amides is 1. The van der Waals surface area contributed by atoms with Crippen molar-refractivity contribution in [3.8, 4) is 0 Å². The van der Waals surface area contributed by atoms with Crippen molar-refractivity contribution in [2.45, 2.75) is 39.2 Å². The number of hydrogen-bond acceptors (Lipinski definition) is 6. The number of aryl methyl sites for hydroxylation is 1. The molecule has 1 saturated heterocycles.